The minimum atomic E-state index is 0.758. The summed E-state index contributed by atoms with van der Waals surface area (Å²) in [6, 6.07) is 9.48. The Morgan fingerprint density at radius 3 is 2.38 bits per heavy atom. The number of nitrogens with two attached hydrogens (primary N) is 1. The summed E-state index contributed by atoms with van der Waals surface area (Å²) in [6.07, 6.45) is 1.79. The van der Waals surface area contributed by atoms with E-state index >= 15 is 0 Å². The van der Waals surface area contributed by atoms with E-state index in [1.165, 1.54) is 4.09 Å². The van der Waals surface area contributed by atoms with Gasteiger partial charge in [-0.15, -0.1) is 0 Å². The first-order valence-corrected chi connectivity index (χ1v) is 4.26. The maximum atomic E-state index is 5.57. The highest BCUT2D eigenvalue weighted by atomic mass is 32.1. The number of anilines is 1. The Hall–Kier alpha value is -1.42. The van der Waals surface area contributed by atoms with Crippen LogP contribution in [0, 0.1) is 0 Å². The summed E-state index contributed by atoms with van der Waals surface area (Å²) in [5.41, 5.74) is 8.27. The third kappa shape index (κ3) is 1.67. The molecule has 0 fully saturated rings. The molecule has 0 radical (unpaired) electrons. The molecular weight excluding hydrogens is 182 g/mol. The van der Waals surface area contributed by atoms with Crippen LogP contribution in [0.3, 0.4) is 0 Å². The van der Waals surface area contributed by atoms with Crippen molar-refractivity contribution in [3.63, 3.8) is 0 Å². The maximum Gasteiger partial charge on any atom is 0.0933 e. The summed E-state index contributed by atoms with van der Waals surface area (Å²) in [5.74, 6) is 0. The van der Waals surface area contributed by atoms with Crippen molar-refractivity contribution >= 4 is 18.5 Å². The predicted octanol–water partition coefficient (Wildman–Crippen LogP) is 1.83. The van der Waals surface area contributed by atoms with Crippen LogP contribution in [0.5, 0.6) is 0 Å². The molecule has 0 aliphatic rings. The Morgan fingerprint density at radius 1 is 1.15 bits per heavy atom. The topological polar surface area (TPSA) is 43.8 Å². The van der Waals surface area contributed by atoms with Crippen LogP contribution in [0.2, 0.25) is 0 Å². The summed E-state index contributed by atoms with van der Waals surface area (Å²) in [7, 11) is 0. The van der Waals surface area contributed by atoms with Gasteiger partial charge in [-0.2, -0.15) is 5.10 Å². The van der Waals surface area contributed by atoms with Crippen molar-refractivity contribution in [2.45, 2.75) is 0 Å². The van der Waals surface area contributed by atoms with E-state index in [0.29, 0.717) is 0 Å². The van der Waals surface area contributed by atoms with E-state index in [4.69, 9.17) is 5.73 Å². The van der Waals surface area contributed by atoms with E-state index in [0.717, 1.165) is 16.9 Å². The van der Waals surface area contributed by atoms with Crippen LogP contribution >= 0.6 is 12.8 Å². The first kappa shape index (κ1) is 8.19. The van der Waals surface area contributed by atoms with Crippen molar-refractivity contribution < 1.29 is 0 Å². The summed E-state index contributed by atoms with van der Waals surface area (Å²) in [6.45, 7) is 0. The van der Waals surface area contributed by atoms with Crippen LogP contribution in [-0.2, 0) is 0 Å². The molecule has 0 aliphatic heterocycles. The van der Waals surface area contributed by atoms with E-state index < -0.39 is 0 Å². The van der Waals surface area contributed by atoms with Gasteiger partial charge in [0.25, 0.3) is 0 Å². The second-order valence-electron chi connectivity index (χ2n) is 2.74. The first-order chi connectivity index (χ1) is 6.25. The van der Waals surface area contributed by atoms with Gasteiger partial charge in [0.1, 0.15) is 0 Å². The molecule has 1 aromatic heterocycles. The lowest BCUT2D eigenvalue weighted by atomic mass is 10.1. The zero-order chi connectivity index (χ0) is 9.26. The minimum absolute atomic E-state index is 0.758. The molecule has 13 heavy (non-hydrogen) atoms. The molecule has 0 atom stereocenters. The summed E-state index contributed by atoms with van der Waals surface area (Å²) in [5, 5.41) is 4.15. The van der Waals surface area contributed by atoms with Crippen molar-refractivity contribution in [3.8, 4) is 11.3 Å². The van der Waals surface area contributed by atoms with E-state index in [2.05, 4.69) is 17.9 Å². The Morgan fingerprint density at radius 2 is 1.85 bits per heavy atom. The largest absolute Gasteiger partial charge is 0.399 e. The van der Waals surface area contributed by atoms with Crippen molar-refractivity contribution in [1.82, 2.24) is 9.19 Å². The van der Waals surface area contributed by atoms with Crippen molar-refractivity contribution in [3.05, 3.63) is 36.5 Å². The Balaban J connectivity index is 2.41. The van der Waals surface area contributed by atoms with Gasteiger partial charge in [-0.25, -0.2) is 4.09 Å². The number of hydrogen-bond acceptors (Lipinski definition) is 3. The van der Waals surface area contributed by atoms with Gasteiger partial charge in [0.2, 0.25) is 0 Å². The Kier molecular flexibility index (Phi) is 1.98. The highest BCUT2D eigenvalue weighted by Crippen LogP contribution is 2.18. The van der Waals surface area contributed by atoms with Crippen molar-refractivity contribution in [1.29, 1.82) is 0 Å². The van der Waals surface area contributed by atoms with Gasteiger partial charge in [0, 0.05) is 17.4 Å². The maximum absolute atomic E-state index is 5.57. The summed E-state index contributed by atoms with van der Waals surface area (Å²) < 4.78 is 1.48. The molecule has 0 bridgehead atoms. The fourth-order valence-electron chi connectivity index (χ4n) is 1.12. The molecule has 3 nitrogen and oxygen atoms in total. The number of rotatable bonds is 1. The monoisotopic (exact) mass is 191 g/mol. The van der Waals surface area contributed by atoms with Crippen molar-refractivity contribution in [2.24, 2.45) is 0 Å². The fraction of sp³-hybridized carbons (Fsp3) is 0. The number of nitrogen functional groups attached to an aromatic ring is 1. The minimum Gasteiger partial charge on any atom is -0.399 e. The summed E-state index contributed by atoms with van der Waals surface area (Å²) >= 11 is 4.06. The molecule has 2 rings (SSSR count). The van der Waals surface area contributed by atoms with Gasteiger partial charge in [-0.1, -0.05) is 12.1 Å². The molecule has 0 unspecified atom stereocenters. The van der Waals surface area contributed by atoms with E-state index in [-0.39, 0.29) is 0 Å². The smallest absolute Gasteiger partial charge is 0.0933 e. The lowest BCUT2D eigenvalue weighted by Crippen LogP contribution is -1.85. The quantitative estimate of drug-likeness (QED) is 0.533. The van der Waals surface area contributed by atoms with Crippen LogP contribution < -0.4 is 5.73 Å². The normalized spacial score (nSPS) is 10.2. The van der Waals surface area contributed by atoms with Crippen LogP contribution in [0.25, 0.3) is 11.3 Å². The lowest BCUT2D eigenvalue weighted by Gasteiger charge is -1.96. The number of hydrogen-bond donors (Lipinski definition) is 2. The Labute approximate surface area is 81.7 Å². The zero-order valence-corrected chi connectivity index (χ0v) is 7.78. The highest BCUT2D eigenvalue weighted by Gasteiger charge is 1.99. The number of benzene rings is 1. The van der Waals surface area contributed by atoms with Gasteiger partial charge in [-0.05, 0) is 31.0 Å². The SMILES string of the molecule is Nc1ccc(-c2ccn(S)n2)cc1. The van der Waals surface area contributed by atoms with Crippen LogP contribution in [-0.4, -0.2) is 9.19 Å². The second kappa shape index (κ2) is 3.14. The molecule has 66 valence electrons. The average Bonchev–Trinajstić information content (AvgIpc) is 2.53. The molecule has 0 saturated carbocycles. The molecular formula is C9H9N3S. The molecule has 0 spiro atoms. The van der Waals surface area contributed by atoms with Crippen LogP contribution in [0.4, 0.5) is 5.69 Å². The molecule has 0 saturated heterocycles. The van der Waals surface area contributed by atoms with Crippen LogP contribution in [0.15, 0.2) is 36.5 Å². The summed E-state index contributed by atoms with van der Waals surface area (Å²) in [4.78, 5) is 0. The van der Waals surface area contributed by atoms with Gasteiger partial charge < -0.3 is 5.73 Å². The second-order valence-corrected chi connectivity index (χ2v) is 3.15. The molecule has 0 amide bonds. The number of thiol groups is 1. The molecule has 2 aromatic rings. The first-order valence-electron chi connectivity index (χ1n) is 3.86. The van der Waals surface area contributed by atoms with Crippen LogP contribution in [0.1, 0.15) is 0 Å². The molecule has 4 heteroatoms. The third-order valence-corrected chi connectivity index (χ3v) is 2.01. The fourth-order valence-corrected chi connectivity index (χ4v) is 1.29. The van der Waals surface area contributed by atoms with Gasteiger partial charge in [0.05, 0.1) is 5.69 Å². The molecule has 1 aromatic carbocycles. The number of aromatic nitrogens is 2. The predicted molar refractivity (Wildman–Crippen MR) is 56.5 cm³/mol. The molecule has 1 heterocycles. The van der Waals surface area contributed by atoms with Gasteiger partial charge in [-0.3, -0.25) is 0 Å². The molecule has 0 aliphatic carbocycles. The van der Waals surface area contributed by atoms with E-state index in [9.17, 15) is 0 Å². The van der Waals surface area contributed by atoms with Gasteiger partial charge >= 0.3 is 0 Å². The van der Waals surface area contributed by atoms with E-state index in [1.807, 2.05) is 30.3 Å². The lowest BCUT2D eigenvalue weighted by molar-refractivity contribution is 1.02. The standard InChI is InChI=1S/C9H9N3S/c10-8-3-1-7(2-4-8)9-5-6-12(13)11-9/h1-6,13H,10H2. The number of nitrogens with zero attached hydrogens (tertiary/aromatic N) is 2. The van der Waals surface area contributed by atoms with Gasteiger partial charge in [0.15, 0.2) is 0 Å². The third-order valence-electron chi connectivity index (χ3n) is 1.78. The molecule has 2 N–H and O–H groups in total. The Bertz CT molecular complexity index is 405. The van der Waals surface area contributed by atoms with E-state index in [1.54, 1.807) is 6.20 Å². The average molecular weight is 191 g/mol. The zero-order valence-electron chi connectivity index (χ0n) is 6.88. The van der Waals surface area contributed by atoms with Crippen molar-refractivity contribution in [2.75, 3.05) is 5.73 Å². The highest BCUT2D eigenvalue weighted by molar-refractivity contribution is 7.78.